The number of hydrogen-bond donors (Lipinski definition) is 2. The number of aliphatic carboxylic acids is 1. The fourth-order valence-corrected chi connectivity index (χ4v) is 2.29. The molecule has 0 aromatic heterocycles. The van der Waals surface area contributed by atoms with E-state index in [9.17, 15) is 14.7 Å². The Morgan fingerprint density at radius 2 is 2.23 bits per heavy atom. The van der Waals surface area contributed by atoms with Gasteiger partial charge in [-0.15, -0.1) is 0 Å². The Balaban J connectivity index is 2.14. The Labute approximate surface area is 132 Å². The summed E-state index contributed by atoms with van der Waals surface area (Å²) in [6.07, 6.45) is -0.815. The van der Waals surface area contributed by atoms with Crippen molar-refractivity contribution in [3.63, 3.8) is 0 Å². The summed E-state index contributed by atoms with van der Waals surface area (Å²) in [6, 6.07) is 3.28. The third kappa shape index (κ3) is 3.88. The second-order valence-electron chi connectivity index (χ2n) is 4.61. The summed E-state index contributed by atoms with van der Waals surface area (Å²) in [5, 5.41) is 12.0. The summed E-state index contributed by atoms with van der Waals surface area (Å²) in [5.74, 6) is -1.32. The van der Waals surface area contributed by atoms with Gasteiger partial charge in [0.2, 0.25) is 0 Å². The number of carbonyl (C=O) groups excluding carboxylic acids is 1. The van der Waals surface area contributed by atoms with E-state index >= 15 is 0 Å². The van der Waals surface area contributed by atoms with E-state index in [4.69, 9.17) is 25.8 Å². The third-order valence-corrected chi connectivity index (χ3v) is 3.45. The van der Waals surface area contributed by atoms with Gasteiger partial charge < -0.3 is 24.6 Å². The van der Waals surface area contributed by atoms with Crippen LogP contribution in [0.1, 0.15) is 11.6 Å². The molecule has 1 fully saturated rings. The first-order valence-electron chi connectivity index (χ1n) is 6.59. The van der Waals surface area contributed by atoms with Gasteiger partial charge in [0.1, 0.15) is 5.75 Å². The fraction of sp³-hybridized carbons (Fsp3) is 0.429. The van der Waals surface area contributed by atoms with E-state index in [1.165, 1.54) is 19.2 Å². The third-order valence-electron chi connectivity index (χ3n) is 3.15. The van der Waals surface area contributed by atoms with Gasteiger partial charge in [-0.3, -0.25) is 4.79 Å². The standard InChI is InChI=1S/C14H16ClNO6/c1-20-10-3-2-8(6-9(10)15)12(14(18)19)16-13(17)11-7-21-4-5-22-11/h2-3,6,11-12H,4-5,7H2,1H3,(H,16,17)(H,18,19)/t11-,12-/m1/s1. The molecule has 22 heavy (non-hydrogen) atoms. The number of amides is 1. The summed E-state index contributed by atoms with van der Waals surface area (Å²) in [5.41, 5.74) is 0.336. The summed E-state index contributed by atoms with van der Waals surface area (Å²) in [7, 11) is 1.46. The van der Waals surface area contributed by atoms with E-state index in [1.807, 2.05) is 0 Å². The molecule has 1 amide bonds. The van der Waals surface area contributed by atoms with Crippen molar-refractivity contribution in [2.75, 3.05) is 26.9 Å². The van der Waals surface area contributed by atoms with Crippen molar-refractivity contribution in [1.82, 2.24) is 5.32 Å². The molecule has 1 saturated heterocycles. The van der Waals surface area contributed by atoms with E-state index in [0.717, 1.165) is 0 Å². The molecule has 0 unspecified atom stereocenters. The molecule has 7 nitrogen and oxygen atoms in total. The van der Waals surface area contributed by atoms with Crippen LogP contribution in [0.5, 0.6) is 5.75 Å². The number of methoxy groups -OCH3 is 1. The van der Waals surface area contributed by atoms with Gasteiger partial charge in [0, 0.05) is 0 Å². The Morgan fingerprint density at radius 1 is 1.45 bits per heavy atom. The second-order valence-corrected chi connectivity index (χ2v) is 5.02. The zero-order valence-electron chi connectivity index (χ0n) is 11.9. The van der Waals surface area contributed by atoms with Crippen molar-refractivity contribution < 1.29 is 28.9 Å². The molecular formula is C14H16ClNO6. The topological polar surface area (TPSA) is 94.1 Å². The molecule has 1 aromatic rings. The number of benzene rings is 1. The highest BCUT2D eigenvalue weighted by Crippen LogP contribution is 2.27. The zero-order valence-corrected chi connectivity index (χ0v) is 12.6. The Morgan fingerprint density at radius 3 is 2.77 bits per heavy atom. The molecule has 2 atom stereocenters. The maximum Gasteiger partial charge on any atom is 0.330 e. The molecule has 0 saturated carbocycles. The van der Waals surface area contributed by atoms with Crippen molar-refractivity contribution in [3.8, 4) is 5.75 Å². The zero-order chi connectivity index (χ0) is 16.1. The Kier molecular flexibility index (Phi) is 5.59. The molecule has 0 spiro atoms. The number of hydrogen-bond acceptors (Lipinski definition) is 5. The van der Waals surface area contributed by atoms with E-state index in [0.29, 0.717) is 24.5 Å². The molecule has 2 rings (SSSR count). The first-order chi connectivity index (χ1) is 10.5. The van der Waals surface area contributed by atoms with Crippen molar-refractivity contribution >= 4 is 23.5 Å². The number of ether oxygens (including phenoxy) is 3. The maximum absolute atomic E-state index is 12.1. The van der Waals surface area contributed by atoms with Gasteiger partial charge in [-0.25, -0.2) is 4.79 Å². The predicted molar refractivity (Wildman–Crippen MR) is 77.1 cm³/mol. The van der Waals surface area contributed by atoms with Crippen molar-refractivity contribution in [1.29, 1.82) is 0 Å². The van der Waals surface area contributed by atoms with Gasteiger partial charge >= 0.3 is 5.97 Å². The maximum atomic E-state index is 12.1. The lowest BCUT2D eigenvalue weighted by molar-refractivity contribution is -0.152. The Hall–Kier alpha value is -1.83. The lowest BCUT2D eigenvalue weighted by Crippen LogP contribution is -2.45. The minimum absolute atomic E-state index is 0.0988. The predicted octanol–water partition coefficient (Wildman–Crippen LogP) is 1.01. The summed E-state index contributed by atoms with van der Waals surface area (Å²) < 4.78 is 15.4. The van der Waals surface area contributed by atoms with E-state index < -0.39 is 24.0 Å². The molecule has 1 heterocycles. The second kappa shape index (κ2) is 7.44. The lowest BCUT2D eigenvalue weighted by Gasteiger charge is -2.24. The first kappa shape index (κ1) is 16.5. The van der Waals surface area contributed by atoms with Gasteiger partial charge in [-0.1, -0.05) is 17.7 Å². The SMILES string of the molecule is COc1ccc([C@@H](NC(=O)[C@H]2COCCO2)C(=O)O)cc1Cl. The average Bonchev–Trinajstić information content (AvgIpc) is 2.52. The minimum atomic E-state index is -1.23. The van der Waals surface area contributed by atoms with Crippen LogP contribution in [-0.4, -0.2) is 50.0 Å². The van der Waals surface area contributed by atoms with E-state index in [-0.39, 0.29) is 11.6 Å². The first-order valence-corrected chi connectivity index (χ1v) is 6.96. The number of nitrogens with one attached hydrogen (secondary N) is 1. The molecule has 8 heteroatoms. The lowest BCUT2D eigenvalue weighted by atomic mass is 10.1. The van der Waals surface area contributed by atoms with Crippen LogP contribution in [0.15, 0.2) is 18.2 Å². The smallest absolute Gasteiger partial charge is 0.330 e. The summed E-state index contributed by atoms with van der Waals surface area (Å²) >= 11 is 5.99. The van der Waals surface area contributed by atoms with Gasteiger partial charge in [-0.05, 0) is 17.7 Å². The van der Waals surface area contributed by atoms with Gasteiger partial charge in [0.25, 0.3) is 5.91 Å². The quantitative estimate of drug-likeness (QED) is 0.837. The van der Waals surface area contributed by atoms with Crippen molar-refractivity contribution in [2.45, 2.75) is 12.1 Å². The highest BCUT2D eigenvalue weighted by Gasteiger charge is 2.29. The van der Waals surface area contributed by atoms with Crippen LogP contribution in [0.25, 0.3) is 0 Å². The number of carboxylic acids is 1. The molecular weight excluding hydrogens is 314 g/mol. The van der Waals surface area contributed by atoms with Crippen molar-refractivity contribution in [2.24, 2.45) is 0 Å². The molecule has 120 valence electrons. The molecule has 2 N–H and O–H groups in total. The number of rotatable bonds is 5. The van der Waals surface area contributed by atoms with Crippen LogP contribution >= 0.6 is 11.6 Å². The molecule has 1 aromatic carbocycles. The highest BCUT2D eigenvalue weighted by molar-refractivity contribution is 6.32. The molecule has 0 radical (unpaired) electrons. The fourth-order valence-electron chi connectivity index (χ4n) is 2.02. The monoisotopic (exact) mass is 329 g/mol. The largest absolute Gasteiger partial charge is 0.495 e. The van der Waals surface area contributed by atoms with Crippen LogP contribution in [0, 0.1) is 0 Å². The number of halogens is 1. The van der Waals surface area contributed by atoms with Crippen LogP contribution < -0.4 is 10.1 Å². The summed E-state index contributed by atoms with van der Waals surface area (Å²) in [4.78, 5) is 23.5. The van der Waals surface area contributed by atoms with Crippen LogP contribution in [0.2, 0.25) is 5.02 Å². The average molecular weight is 330 g/mol. The van der Waals surface area contributed by atoms with Crippen LogP contribution in [-0.2, 0) is 19.1 Å². The molecule has 0 bridgehead atoms. The highest BCUT2D eigenvalue weighted by atomic mass is 35.5. The Bertz CT molecular complexity index is 558. The van der Waals surface area contributed by atoms with Gasteiger partial charge in [-0.2, -0.15) is 0 Å². The van der Waals surface area contributed by atoms with Crippen LogP contribution in [0.4, 0.5) is 0 Å². The minimum Gasteiger partial charge on any atom is -0.495 e. The molecule has 0 aliphatic carbocycles. The normalized spacial score (nSPS) is 19.3. The number of carboxylic acid groups (broad SMARTS) is 1. The van der Waals surface area contributed by atoms with Gasteiger partial charge in [0.15, 0.2) is 12.1 Å². The number of carbonyl (C=O) groups is 2. The van der Waals surface area contributed by atoms with Crippen LogP contribution in [0.3, 0.4) is 0 Å². The summed E-state index contributed by atoms with van der Waals surface area (Å²) in [6.45, 7) is 0.811. The molecule has 1 aliphatic heterocycles. The van der Waals surface area contributed by atoms with E-state index in [1.54, 1.807) is 6.07 Å². The van der Waals surface area contributed by atoms with Crippen molar-refractivity contribution in [3.05, 3.63) is 28.8 Å². The van der Waals surface area contributed by atoms with Gasteiger partial charge in [0.05, 0.1) is 32.0 Å². The van der Waals surface area contributed by atoms with E-state index in [2.05, 4.69) is 5.32 Å². The molecule has 1 aliphatic rings.